The van der Waals surface area contributed by atoms with E-state index in [1.54, 1.807) is 0 Å². The lowest BCUT2D eigenvalue weighted by atomic mass is 10.2. The molecule has 5 heteroatoms. The Bertz CT molecular complexity index is 415. The van der Waals surface area contributed by atoms with Crippen LogP contribution in [0.25, 0.3) is 0 Å². The minimum atomic E-state index is 0.0855. The molecule has 0 atom stereocenters. The van der Waals surface area contributed by atoms with Gasteiger partial charge in [-0.25, -0.2) is 4.99 Å². The first-order chi connectivity index (χ1) is 9.17. The number of hydrogen-bond acceptors (Lipinski definition) is 3. The van der Waals surface area contributed by atoms with E-state index in [1.807, 2.05) is 18.2 Å². The minimum absolute atomic E-state index is 0.0855. The van der Waals surface area contributed by atoms with E-state index in [1.165, 1.54) is 0 Å². The summed E-state index contributed by atoms with van der Waals surface area (Å²) in [5.74, 6) is 1.60. The van der Waals surface area contributed by atoms with Crippen molar-refractivity contribution in [3.05, 3.63) is 23.8 Å². The van der Waals surface area contributed by atoms with Gasteiger partial charge in [0, 0.05) is 0 Å². The number of aliphatic imine (C=N–C) groups is 1. The molecule has 19 heavy (non-hydrogen) atoms. The van der Waals surface area contributed by atoms with E-state index in [4.69, 9.17) is 20.9 Å². The van der Waals surface area contributed by atoms with Crippen LogP contribution >= 0.6 is 0 Å². The van der Waals surface area contributed by atoms with Gasteiger partial charge in [-0.3, -0.25) is 0 Å². The summed E-state index contributed by atoms with van der Waals surface area (Å²) < 4.78 is 11.3. The zero-order valence-corrected chi connectivity index (χ0v) is 11.7. The molecule has 0 aliphatic rings. The van der Waals surface area contributed by atoms with Crippen LogP contribution in [0.5, 0.6) is 11.5 Å². The smallest absolute Gasteiger partial charge is 0.186 e. The third-order valence-electron chi connectivity index (χ3n) is 2.38. The zero-order valence-electron chi connectivity index (χ0n) is 11.7. The van der Waals surface area contributed by atoms with Gasteiger partial charge < -0.3 is 20.9 Å². The van der Waals surface area contributed by atoms with Gasteiger partial charge in [0.15, 0.2) is 17.5 Å². The summed E-state index contributed by atoms with van der Waals surface area (Å²) in [6, 6.07) is 5.77. The van der Waals surface area contributed by atoms with E-state index < -0.39 is 0 Å². The fraction of sp³-hybridized carbons (Fsp3) is 0.500. The molecule has 0 saturated carbocycles. The molecule has 0 radical (unpaired) electrons. The second-order valence-corrected chi connectivity index (χ2v) is 4.22. The van der Waals surface area contributed by atoms with Gasteiger partial charge in [-0.1, -0.05) is 19.9 Å². The van der Waals surface area contributed by atoms with Crippen molar-refractivity contribution in [1.29, 1.82) is 0 Å². The van der Waals surface area contributed by atoms with Crippen molar-refractivity contribution in [2.75, 3.05) is 13.2 Å². The maximum atomic E-state index is 5.69. The van der Waals surface area contributed by atoms with Gasteiger partial charge in [0.1, 0.15) is 0 Å². The first kappa shape index (κ1) is 15.1. The second kappa shape index (κ2) is 8.24. The number of nitrogens with two attached hydrogens (primary N) is 2. The Morgan fingerprint density at radius 1 is 1.05 bits per heavy atom. The van der Waals surface area contributed by atoms with Crippen LogP contribution in [-0.4, -0.2) is 19.2 Å². The Morgan fingerprint density at radius 3 is 2.26 bits per heavy atom. The number of nitrogens with zero attached hydrogens (tertiary/aromatic N) is 1. The summed E-state index contributed by atoms with van der Waals surface area (Å²) in [6.07, 6.45) is 1.91. The van der Waals surface area contributed by atoms with Crippen molar-refractivity contribution in [3.8, 4) is 11.5 Å². The fourth-order valence-electron chi connectivity index (χ4n) is 1.49. The van der Waals surface area contributed by atoms with Crippen molar-refractivity contribution >= 4 is 5.96 Å². The molecule has 1 aromatic rings. The number of ether oxygens (including phenoxy) is 2. The molecule has 0 bridgehead atoms. The molecular formula is C14H23N3O2. The highest BCUT2D eigenvalue weighted by molar-refractivity contribution is 5.75. The Balaban J connectivity index is 2.83. The highest BCUT2D eigenvalue weighted by atomic mass is 16.5. The van der Waals surface area contributed by atoms with E-state index in [-0.39, 0.29) is 5.96 Å². The summed E-state index contributed by atoms with van der Waals surface area (Å²) in [5.41, 5.74) is 11.6. The highest BCUT2D eigenvalue weighted by Crippen LogP contribution is 2.29. The van der Waals surface area contributed by atoms with Crippen LogP contribution in [0.15, 0.2) is 23.2 Å². The van der Waals surface area contributed by atoms with Gasteiger partial charge >= 0.3 is 0 Å². The van der Waals surface area contributed by atoms with Gasteiger partial charge in [0.05, 0.1) is 19.8 Å². The third kappa shape index (κ3) is 5.50. The summed E-state index contributed by atoms with van der Waals surface area (Å²) >= 11 is 0. The lowest BCUT2D eigenvalue weighted by Gasteiger charge is -2.13. The fourth-order valence-corrected chi connectivity index (χ4v) is 1.49. The lowest BCUT2D eigenvalue weighted by molar-refractivity contribution is 0.268. The molecule has 0 heterocycles. The molecule has 106 valence electrons. The van der Waals surface area contributed by atoms with E-state index in [2.05, 4.69) is 18.8 Å². The first-order valence-electron chi connectivity index (χ1n) is 6.61. The average molecular weight is 265 g/mol. The molecule has 0 saturated heterocycles. The van der Waals surface area contributed by atoms with Gasteiger partial charge in [-0.2, -0.15) is 0 Å². The lowest BCUT2D eigenvalue weighted by Crippen LogP contribution is -2.22. The Morgan fingerprint density at radius 2 is 1.68 bits per heavy atom. The Hall–Kier alpha value is -1.91. The quantitative estimate of drug-likeness (QED) is 0.556. The molecule has 0 aliphatic carbocycles. The van der Waals surface area contributed by atoms with Crippen LogP contribution < -0.4 is 20.9 Å². The Kier molecular flexibility index (Phi) is 6.57. The van der Waals surface area contributed by atoms with Gasteiger partial charge in [0.2, 0.25) is 0 Å². The van der Waals surface area contributed by atoms with Crippen molar-refractivity contribution in [1.82, 2.24) is 0 Å². The van der Waals surface area contributed by atoms with Crippen LogP contribution in [0.3, 0.4) is 0 Å². The second-order valence-electron chi connectivity index (χ2n) is 4.22. The largest absolute Gasteiger partial charge is 0.490 e. The average Bonchev–Trinajstić information content (AvgIpc) is 2.41. The van der Waals surface area contributed by atoms with Crippen LogP contribution in [0.1, 0.15) is 32.3 Å². The minimum Gasteiger partial charge on any atom is -0.490 e. The monoisotopic (exact) mass is 265 g/mol. The first-order valence-corrected chi connectivity index (χ1v) is 6.61. The van der Waals surface area contributed by atoms with Crippen molar-refractivity contribution in [2.24, 2.45) is 16.5 Å². The topological polar surface area (TPSA) is 82.9 Å². The van der Waals surface area contributed by atoms with Gasteiger partial charge in [-0.05, 0) is 30.5 Å². The SMILES string of the molecule is CCCOc1ccc(CN=C(N)N)cc1OCCC. The molecule has 0 spiro atoms. The predicted octanol–water partition coefficient (Wildman–Crippen LogP) is 2.04. The number of guanidine groups is 1. The molecular weight excluding hydrogens is 242 g/mol. The normalized spacial score (nSPS) is 10.0. The number of rotatable bonds is 8. The van der Waals surface area contributed by atoms with E-state index >= 15 is 0 Å². The maximum absolute atomic E-state index is 5.69. The summed E-state index contributed by atoms with van der Waals surface area (Å²) in [4.78, 5) is 3.98. The molecule has 0 amide bonds. The van der Waals surface area contributed by atoms with Gasteiger partial charge in [-0.15, -0.1) is 0 Å². The molecule has 1 aromatic carbocycles. The van der Waals surface area contributed by atoms with Crippen molar-refractivity contribution in [2.45, 2.75) is 33.2 Å². The van der Waals surface area contributed by atoms with Crippen molar-refractivity contribution in [3.63, 3.8) is 0 Å². The number of benzene rings is 1. The third-order valence-corrected chi connectivity index (χ3v) is 2.38. The molecule has 5 nitrogen and oxygen atoms in total. The molecule has 0 aromatic heterocycles. The maximum Gasteiger partial charge on any atom is 0.186 e. The highest BCUT2D eigenvalue weighted by Gasteiger charge is 2.06. The van der Waals surface area contributed by atoms with E-state index in [0.29, 0.717) is 19.8 Å². The molecule has 1 rings (SSSR count). The molecule has 0 fully saturated rings. The predicted molar refractivity (Wildman–Crippen MR) is 77.5 cm³/mol. The molecule has 4 N–H and O–H groups in total. The zero-order chi connectivity index (χ0) is 14.1. The summed E-state index contributed by atoms with van der Waals surface area (Å²) in [5, 5.41) is 0. The Labute approximate surface area is 114 Å². The van der Waals surface area contributed by atoms with Gasteiger partial charge in [0.25, 0.3) is 0 Å². The standard InChI is InChI=1S/C14H23N3O2/c1-3-7-18-12-6-5-11(10-17-14(15)16)9-13(12)19-8-4-2/h5-6,9H,3-4,7-8,10H2,1-2H3,(H4,15,16,17). The molecule has 0 unspecified atom stereocenters. The van der Waals surface area contributed by atoms with Crippen LogP contribution in [0.2, 0.25) is 0 Å². The van der Waals surface area contributed by atoms with Crippen LogP contribution in [0, 0.1) is 0 Å². The van der Waals surface area contributed by atoms with E-state index in [9.17, 15) is 0 Å². The van der Waals surface area contributed by atoms with Crippen LogP contribution in [-0.2, 0) is 6.54 Å². The van der Waals surface area contributed by atoms with E-state index in [0.717, 1.165) is 29.9 Å². The summed E-state index contributed by atoms with van der Waals surface area (Å²) in [6.45, 7) is 5.92. The number of hydrogen-bond donors (Lipinski definition) is 2. The summed E-state index contributed by atoms with van der Waals surface area (Å²) in [7, 11) is 0. The van der Waals surface area contributed by atoms with Crippen LogP contribution in [0.4, 0.5) is 0 Å². The molecule has 0 aliphatic heterocycles. The van der Waals surface area contributed by atoms with Crippen molar-refractivity contribution < 1.29 is 9.47 Å².